The molecule has 0 radical (unpaired) electrons. The number of aliphatic hydroxyl groups excluding tert-OH is 1. The third-order valence-electron chi connectivity index (χ3n) is 4.46. The molecule has 136 valence electrons. The second-order valence-electron chi connectivity index (χ2n) is 6.26. The van der Waals surface area contributed by atoms with Gasteiger partial charge in [-0.25, -0.2) is 0 Å². The molecule has 2 amide bonds. The van der Waals surface area contributed by atoms with Gasteiger partial charge in [0.05, 0.1) is 11.5 Å². The molecule has 3 heterocycles. The summed E-state index contributed by atoms with van der Waals surface area (Å²) in [6.45, 7) is -0.189. The van der Waals surface area contributed by atoms with Crippen LogP contribution in [0.4, 0.5) is 11.4 Å². The summed E-state index contributed by atoms with van der Waals surface area (Å²) < 4.78 is 5.62. The first kappa shape index (κ1) is 17.0. The Balaban J connectivity index is 1.61. The predicted molar refractivity (Wildman–Crippen MR) is 98.4 cm³/mol. The minimum atomic E-state index is -0.277. The second-order valence-corrected chi connectivity index (χ2v) is 6.26. The van der Waals surface area contributed by atoms with Gasteiger partial charge < -0.3 is 20.2 Å². The first-order valence-corrected chi connectivity index (χ1v) is 8.48. The first-order valence-electron chi connectivity index (χ1n) is 8.48. The molecule has 0 saturated heterocycles. The molecule has 0 aliphatic carbocycles. The molecular formula is C20H17N3O4. The van der Waals surface area contributed by atoms with Crippen molar-refractivity contribution in [2.45, 2.75) is 18.9 Å². The highest BCUT2D eigenvalue weighted by molar-refractivity contribution is 6.04. The lowest BCUT2D eigenvalue weighted by atomic mass is 9.88. The lowest BCUT2D eigenvalue weighted by molar-refractivity contribution is -0.116. The Kier molecular flexibility index (Phi) is 4.43. The number of nitrogens with zero attached hydrogens (tertiary/aromatic N) is 1. The van der Waals surface area contributed by atoms with Crippen molar-refractivity contribution in [3.63, 3.8) is 0 Å². The maximum absolute atomic E-state index is 12.3. The van der Waals surface area contributed by atoms with E-state index in [4.69, 9.17) is 4.42 Å². The van der Waals surface area contributed by atoms with Crippen LogP contribution in [0.2, 0.25) is 0 Å². The van der Waals surface area contributed by atoms with E-state index in [0.29, 0.717) is 28.5 Å². The standard InChI is InChI=1S/C20H17N3O4/c24-11-14-4-6-18(27-14)16-9-19(25)23-17-8-13(3-5-15(16)17)22-20(26)12-2-1-7-21-10-12/h1-8,10,16,24H,9,11H2,(H,22,26)(H,23,25)/t16-/m1/s1. The normalized spacial score (nSPS) is 15.7. The van der Waals surface area contributed by atoms with Gasteiger partial charge in [0.25, 0.3) is 5.91 Å². The third-order valence-corrected chi connectivity index (χ3v) is 4.46. The zero-order valence-corrected chi connectivity index (χ0v) is 14.3. The molecule has 0 bridgehead atoms. The number of aromatic nitrogens is 1. The summed E-state index contributed by atoms with van der Waals surface area (Å²) in [5.74, 6) is 0.433. The molecule has 1 aromatic carbocycles. The molecule has 7 nitrogen and oxygen atoms in total. The largest absolute Gasteiger partial charge is 0.463 e. The van der Waals surface area contributed by atoms with Crippen molar-refractivity contribution < 1.29 is 19.1 Å². The van der Waals surface area contributed by atoms with Crippen LogP contribution in [0.5, 0.6) is 0 Å². The highest BCUT2D eigenvalue weighted by Gasteiger charge is 2.29. The van der Waals surface area contributed by atoms with E-state index in [-0.39, 0.29) is 30.8 Å². The van der Waals surface area contributed by atoms with E-state index in [9.17, 15) is 14.7 Å². The van der Waals surface area contributed by atoms with Crippen molar-refractivity contribution in [2.24, 2.45) is 0 Å². The van der Waals surface area contributed by atoms with Crippen LogP contribution in [0.15, 0.2) is 59.3 Å². The van der Waals surface area contributed by atoms with Crippen molar-refractivity contribution in [3.8, 4) is 0 Å². The van der Waals surface area contributed by atoms with E-state index in [0.717, 1.165) is 5.56 Å². The molecule has 27 heavy (non-hydrogen) atoms. The number of aliphatic hydroxyl groups is 1. The number of hydrogen-bond donors (Lipinski definition) is 3. The molecule has 1 atom stereocenters. The molecule has 2 aromatic heterocycles. The number of nitrogens with one attached hydrogen (secondary N) is 2. The summed E-state index contributed by atoms with van der Waals surface area (Å²) in [7, 11) is 0. The number of anilines is 2. The fourth-order valence-electron chi connectivity index (χ4n) is 3.16. The highest BCUT2D eigenvalue weighted by Crippen LogP contribution is 2.39. The fourth-order valence-corrected chi connectivity index (χ4v) is 3.16. The molecular weight excluding hydrogens is 346 g/mol. The number of benzene rings is 1. The Bertz CT molecular complexity index is 997. The van der Waals surface area contributed by atoms with Gasteiger partial charge >= 0.3 is 0 Å². The van der Waals surface area contributed by atoms with Gasteiger partial charge in [0.1, 0.15) is 18.1 Å². The monoisotopic (exact) mass is 363 g/mol. The summed E-state index contributed by atoms with van der Waals surface area (Å²) in [5.41, 5.74) is 2.54. The molecule has 3 N–H and O–H groups in total. The average molecular weight is 363 g/mol. The van der Waals surface area contributed by atoms with Gasteiger partial charge in [-0.05, 0) is 42.0 Å². The number of amides is 2. The molecule has 0 fully saturated rings. The Morgan fingerprint density at radius 3 is 2.93 bits per heavy atom. The number of fused-ring (bicyclic) bond motifs is 1. The highest BCUT2D eigenvalue weighted by atomic mass is 16.4. The van der Waals surface area contributed by atoms with Gasteiger partial charge in [-0.2, -0.15) is 0 Å². The van der Waals surface area contributed by atoms with Crippen LogP contribution in [-0.2, 0) is 11.4 Å². The van der Waals surface area contributed by atoms with E-state index < -0.39 is 0 Å². The van der Waals surface area contributed by atoms with E-state index in [2.05, 4.69) is 15.6 Å². The Labute approximate surface area is 155 Å². The average Bonchev–Trinajstić information content (AvgIpc) is 3.17. The molecule has 3 aromatic rings. The van der Waals surface area contributed by atoms with Crippen molar-refractivity contribution in [1.82, 2.24) is 4.98 Å². The quantitative estimate of drug-likeness (QED) is 0.661. The van der Waals surface area contributed by atoms with Crippen LogP contribution in [0.3, 0.4) is 0 Å². The van der Waals surface area contributed by atoms with Crippen molar-refractivity contribution in [2.75, 3.05) is 10.6 Å². The minimum absolute atomic E-state index is 0.134. The number of furan rings is 1. The molecule has 0 spiro atoms. The van der Waals surface area contributed by atoms with E-state index in [1.807, 2.05) is 6.07 Å². The van der Waals surface area contributed by atoms with Crippen LogP contribution in [-0.4, -0.2) is 21.9 Å². The topological polar surface area (TPSA) is 104 Å². The van der Waals surface area contributed by atoms with E-state index >= 15 is 0 Å². The molecule has 4 rings (SSSR count). The number of hydrogen-bond acceptors (Lipinski definition) is 5. The van der Waals surface area contributed by atoms with E-state index in [1.165, 1.54) is 6.20 Å². The summed E-state index contributed by atoms with van der Waals surface area (Å²) in [6, 6.07) is 12.2. The van der Waals surface area contributed by atoms with Crippen LogP contribution in [0, 0.1) is 0 Å². The molecule has 0 unspecified atom stereocenters. The summed E-state index contributed by atoms with van der Waals surface area (Å²) >= 11 is 0. The van der Waals surface area contributed by atoms with Gasteiger partial charge in [-0.15, -0.1) is 0 Å². The fraction of sp³-hybridized carbons (Fsp3) is 0.150. The zero-order valence-electron chi connectivity index (χ0n) is 14.3. The van der Waals surface area contributed by atoms with Gasteiger partial charge in [-0.3, -0.25) is 14.6 Å². The minimum Gasteiger partial charge on any atom is -0.463 e. The van der Waals surface area contributed by atoms with Crippen molar-refractivity contribution in [1.29, 1.82) is 0 Å². The lowest BCUT2D eigenvalue weighted by Gasteiger charge is -2.25. The number of carbonyl (C=O) groups is 2. The van der Waals surface area contributed by atoms with Crippen LogP contribution < -0.4 is 10.6 Å². The Hall–Kier alpha value is -3.45. The van der Waals surface area contributed by atoms with Crippen LogP contribution >= 0.6 is 0 Å². The van der Waals surface area contributed by atoms with Crippen LogP contribution in [0.1, 0.15) is 39.8 Å². The van der Waals surface area contributed by atoms with Gasteiger partial charge in [0.2, 0.25) is 5.91 Å². The molecule has 7 heteroatoms. The summed E-state index contributed by atoms with van der Waals surface area (Å²) in [4.78, 5) is 28.4. The lowest BCUT2D eigenvalue weighted by Crippen LogP contribution is -2.23. The van der Waals surface area contributed by atoms with Gasteiger partial charge in [0, 0.05) is 30.2 Å². The Morgan fingerprint density at radius 1 is 1.30 bits per heavy atom. The van der Waals surface area contributed by atoms with Gasteiger partial charge in [0.15, 0.2) is 0 Å². The smallest absolute Gasteiger partial charge is 0.257 e. The van der Waals surface area contributed by atoms with Crippen LogP contribution in [0.25, 0.3) is 0 Å². The SMILES string of the molecule is O=C1C[C@@H](c2ccc(CO)o2)c2ccc(NC(=O)c3cccnc3)cc2N1. The summed E-state index contributed by atoms with van der Waals surface area (Å²) in [5, 5.41) is 14.8. The molecule has 1 aliphatic rings. The molecule has 1 aliphatic heterocycles. The number of pyridine rings is 1. The predicted octanol–water partition coefficient (Wildman–Crippen LogP) is 2.89. The maximum atomic E-state index is 12.3. The van der Waals surface area contributed by atoms with E-state index in [1.54, 1.807) is 42.6 Å². The second kappa shape index (κ2) is 7.05. The maximum Gasteiger partial charge on any atom is 0.257 e. The number of carbonyl (C=O) groups excluding carboxylic acids is 2. The van der Waals surface area contributed by atoms with Crippen molar-refractivity contribution in [3.05, 3.63) is 77.5 Å². The Morgan fingerprint density at radius 2 is 2.19 bits per heavy atom. The first-order chi connectivity index (χ1) is 13.1. The zero-order chi connectivity index (χ0) is 18.8. The summed E-state index contributed by atoms with van der Waals surface area (Å²) in [6.07, 6.45) is 3.34. The van der Waals surface area contributed by atoms with Crippen molar-refractivity contribution >= 4 is 23.2 Å². The number of rotatable bonds is 4. The van der Waals surface area contributed by atoms with Gasteiger partial charge in [-0.1, -0.05) is 6.07 Å². The molecule has 0 saturated carbocycles. The third kappa shape index (κ3) is 3.45.